The normalized spacial score (nSPS) is 13.9. The van der Waals surface area contributed by atoms with Gasteiger partial charge >= 0.3 is 11.7 Å². The van der Waals surface area contributed by atoms with Crippen LogP contribution in [0, 0.1) is 0 Å². The molecule has 0 saturated carbocycles. The van der Waals surface area contributed by atoms with E-state index in [0.29, 0.717) is 0 Å². The van der Waals surface area contributed by atoms with Gasteiger partial charge in [0.15, 0.2) is 6.04 Å². The number of thiophene rings is 1. The predicted molar refractivity (Wildman–Crippen MR) is 52.8 cm³/mol. The van der Waals surface area contributed by atoms with E-state index in [1.54, 1.807) is 0 Å². The van der Waals surface area contributed by atoms with Crippen LogP contribution < -0.4 is 4.72 Å². The maximum Gasteiger partial charge on any atom is 0.350 e. The largest absolute Gasteiger partial charge is 0.480 e. The van der Waals surface area contributed by atoms with Crippen LogP contribution in [-0.4, -0.2) is 25.3 Å². The van der Waals surface area contributed by atoms with Crippen LogP contribution in [0.1, 0.15) is 10.9 Å². The number of carboxylic acid groups (broad SMARTS) is 1. The molecule has 1 atom stereocenters. The van der Waals surface area contributed by atoms with Gasteiger partial charge in [-0.1, -0.05) is 6.07 Å². The number of nitrogens with one attached hydrogen (secondary N) is 1. The SMILES string of the molecule is O=C(O)C(NS(=O)(=O)C(F)F)c1cccs1. The quantitative estimate of drug-likeness (QED) is 0.837. The van der Waals surface area contributed by atoms with Crippen molar-refractivity contribution in [1.82, 2.24) is 4.72 Å². The molecular formula is C7H7F2NO4S2. The van der Waals surface area contributed by atoms with E-state index in [1.165, 1.54) is 22.2 Å². The van der Waals surface area contributed by atoms with Gasteiger partial charge in [-0.25, -0.2) is 8.42 Å². The minimum Gasteiger partial charge on any atom is -0.480 e. The minimum absolute atomic E-state index is 0.136. The van der Waals surface area contributed by atoms with E-state index in [1.807, 2.05) is 0 Å². The van der Waals surface area contributed by atoms with Crippen LogP contribution in [0.15, 0.2) is 17.5 Å². The van der Waals surface area contributed by atoms with Crippen molar-refractivity contribution >= 4 is 27.3 Å². The van der Waals surface area contributed by atoms with Crippen molar-refractivity contribution in [2.75, 3.05) is 0 Å². The summed E-state index contributed by atoms with van der Waals surface area (Å²) >= 11 is 0.959. The van der Waals surface area contributed by atoms with Crippen LogP contribution in [-0.2, 0) is 14.8 Å². The molecule has 0 radical (unpaired) electrons. The number of aliphatic carboxylic acids is 1. The number of hydrogen-bond donors (Lipinski definition) is 2. The van der Waals surface area contributed by atoms with Crippen molar-refractivity contribution in [2.24, 2.45) is 0 Å². The molecule has 1 aromatic heterocycles. The predicted octanol–water partition coefficient (Wildman–Crippen LogP) is 1.02. The van der Waals surface area contributed by atoms with Crippen LogP contribution in [0.3, 0.4) is 0 Å². The molecule has 16 heavy (non-hydrogen) atoms. The lowest BCUT2D eigenvalue weighted by Gasteiger charge is -2.12. The van der Waals surface area contributed by atoms with Gasteiger partial charge in [0.05, 0.1) is 0 Å². The van der Waals surface area contributed by atoms with Gasteiger partial charge in [-0.2, -0.15) is 13.5 Å². The maximum absolute atomic E-state index is 12.0. The Morgan fingerprint density at radius 2 is 2.12 bits per heavy atom. The van der Waals surface area contributed by atoms with Crippen LogP contribution in [0.2, 0.25) is 0 Å². The molecule has 1 aromatic rings. The van der Waals surface area contributed by atoms with Gasteiger partial charge in [0.1, 0.15) is 0 Å². The second-order valence-electron chi connectivity index (χ2n) is 2.71. The maximum atomic E-state index is 12.0. The Bertz CT molecular complexity index is 457. The fraction of sp³-hybridized carbons (Fsp3) is 0.286. The van der Waals surface area contributed by atoms with Gasteiger partial charge in [-0.3, -0.25) is 4.79 Å². The zero-order chi connectivity index (χ0) is 12.3. The summed E-state index contributed by atoms with van der Waals surface area (Å²) in [5.41, 5.74) is 0. The van der Waals surface area contributed by atoms with E-state index < -0.39 is 27.8 Å². The van der Waals surface area contributed by atoms with Gasteiger partial charge < -0.3 is 5.11 Å². The average Bonchev–Trinajstić information content (AvgIpc) is 2.66. The number of alkyl halides is 2. The molecule has 5 nitrogen and oxygen atoms in total. The molecule has 1 rings (SSSR count). The van der Waals surface area contributed by atoms with E-state index in [4.69, 9.17) is 5.11 Å². The summed E-state index contributed by atoms with van der Waals surface area (Å²) in [7, 11) is -4.93. The third kappa shape index (κ3) is 2.97. The van der Waals surface area contributed by atoms with Crippen LogP contribution in [0.4, 0.5) is 8.78 Å². The van der Waals surface area contributed by atoms with Crippen molar-refractivity contribution in [3.8, 4) is 0 Å². The summed E-state index contributed by atoms with van der Waals surface area (Å²) in [6, 6.07) is 1.16. The summed E-state index contributed by atoms with van der Waals surface area (Å²) in [6.07, 6.45) is 0. The molecule has 0 fully saturated rings. The lowest BCUT2D eigenvalue weighted by Crippen LogP contribution is -2.36. The fourth-order valence-electron chi connectivity index (χ4n) is 0.901. The van der Waals surface area contributed by atoms with E-state index in [9.17, 15) is 22.0 Å². The summed E-state index contributed by atoms with van der Waals surface area (Å²) in [5.74, 6) is -5.19. The molecule has 0 aliphatic carbocycles. The first kappa shape index (κ1) is 13.0. The number of halogens is 2. The van der Waals surface area contributed by atoms with Crippen molar-refractivity contribution < 1.29 is 27.1 Å². The molecule has 0 amide bonds. The third-order valence-corrected chi connectivity index (χ3v) is 3.56. The van der Waals surface area contributed by atoms with Gasteiger partial charge in [-0.05, 0) is 11.4 Å². The highest BCUT2D eigenvalue weighted by Gasteiger charge is 2.32. The van der Waals surface area contributed by atoms with Crippen LogP contribution >= 0.6 is 11.3 Å². The molecular weight excluding hydrogens is 264 g/mol. The molecule has 0 bridgehead atoms. The van der Waals surface area contributed by atoms with E-state index in [-0.39, 0.29) is 4.88 Å². The zero-order valence-electron chi connectivity index (χ0n) is 7.63. The molecule has 1 heterocycles. The first-order valence-electron chi connectivity index (χ1n) is 3.90. The Morgan fingerprint density at radius 1 is 1.50 bits per heavy atom. The van der Waals surface area contributed by atoms with E-state index in [0.717, 1.165) is 11.3 Å². The Hall–Kier alpha value is -1.06. The number of sulfonamides is 1. The second kappa shape index (κ2) is 4.85. The number of carbonyl (C=O) groups is 1. The first-order chi connectivity index (χ1) is 7.34. The Morgan fingerprint density at radius 3 is 2.50 bits per heavy atom. The molecule has 9 heteroatoms. The lowest BCUT2D eigenvalue weighted by molar-refractivity contribution is -0.139. The molecule has 0 aliphatic heterocycles. The average molecular weight is 271 g/mol. The number of hydrogen-bond acceptors (Lipinski definition) is 4. The zero-order valence-corrected chi connectivity index (χ0v) is 9.26. The molecule has 2 N–H and O–H groups in total. The molecule has 1 unspecified atom stereocenters. The van der Waals surface area contributed by atoms with Gasteiger partial charge in [0, 0.05) is 4.88 Å². The minimum atomic E-state index is -4.93. The van der Waals surface area contributed by atoms with Gasteiger partial charge in [0.25, 0.3) is 10.0 Å². The highest BCUT2D eigenvalue weighted by atomic mass is 32.2. The first-order valence-corrected chi connectivity index (χ1v) is 6.32. The highest BCUT2D eigenvalue weighted by molar-refractivity contribution is 7.89. The summed E-state index contributed by atoms with van der Waals surface area (Å²) in [6.45, 7) is 0. The van der Waals surface area contributed by atoms with Crippen LogP contribution in [0.25, 0.3) is 0 Å². The third-order valence-electron chi connectivity index (χ3n) is 1.59. The summed E-state index contributed by atoms with van der Waals surface area (Å²) in [4.78, 5) is 10.9. The van der Waals surface area contributed by atoms with Crippen molar-refractivity contribution in [3.63, 3.8) is 0 Å². The van der Waals surface area contributed by atoms with Gasteiger partial charge in [0.2, 0.25) is 0 Å². The van der Waals surface area contributed by atoms with Gasteiger partial charge in [-0.15, -0.1) is 11.3 Å². The standard InChI is InChI=1S/C7H7F2NO4S2/c8-7(9)16(13,14)10-5(6(11)12)4-2-1-3-15-4/h1-3,5,7,10H,(H,11,12). The smallest absolute Gasteiger partial charge is 0.350 e. The number of carboxylic acids is 1. The van der Waals surface area contributed by atoms with Crippen molar-refractivity contribution in [3.05, 3.63) is 22.4 Å². The van der Waals surface area contributed by atoms with E-state index in [2.05, 4.69) is 0 Å². The fourth-order valence-corrected chi connectivity index (χ4v) is 2.40. The second-order valence-corrected chi connectivity index (χ2v) is 5.37. The van der Waals surface area contributed by atoms with Crippen LogP contribution in [0.5, 0.6) is 0 Å². The van der Waals surface area contributed by atoms with Crippen molar-refractivity contribution in [2.45, 2.75) is 11.8 Å². The molecule has 0 aliphatic rings. The summed E-state index contributed by atoms with van der Waals surface area (Å²) in [5, 5.41) is 10.2. The van der Waals surface area contributed by atoms with E-state index >= 15 is 0 Å². The molecule has 0 spiro atoms. The Labute approximate surface area is 93.8 Å². The number of rotatable bonds is 5. The molecule has 0 aromatic carbocycles. The summed E-state index contributed by atoms with van der Waals surface area (Å²) < 4.78 is 47.1. The monoisotopic (exact) mass is 271 g/mol. The topological polar surface area (TPSA) is 83.5 Å². The lowest BCUT2D eigenvalue weighted by atomic mass is 10.3. The highest BCUT2D eigenvalue weighted by Crippen LogP contribution is 2.21. The Kier molecular flexibility index (Phi) is 3.94. The van der Waals surface area contributed by atoms with Crippen molar-refractivity contribution in [1.29, 1.82) is 0 Å². The Balaban J connectivity index is 2.95. The molecule has 0 saturated heterocycles. The molecule has 90 valence electrons.